The van der Waals surface area contributed by atoms with Crippen LogP contribution in [0, 0.1) is 0 Å². The fraction of sp³-hybridized carbons (Fsp3) is 0.619. The summed E-state index contributed by atoms with van der Waals surface area (Å²) in [5.41, 5.74) is 0.0556. The highest BCUT2D eigenvalue weighted by molar-refractivity contribution is 7.56. The fourth-order valence-corrected chi connectivity index (χ4v) is 6.44. The Hall–Kier alpha value is -1.33. The maximum atomic E-state index is 13.6. The minimum atomic E-state index is -5.12. The van der Waals surface area contributed by atoms with Crippen molar-refractivity contribution in [2.45, 2.75) is 71.7 Å². The molecule has 4 atom stereocenters. The molecule has 0 heterocycles. The van der Waals surface area contributed by atoms with E-state index in [0.29, 0.717) is 5.02 Å². The molecule has 0 amide bonds. The lowest BCUT2D eigenvalue weighted by Crippen LogP contribution is -2.44. The van der Waals surface area contributed by atoms with Crippen LogP contribution in [-0.2, 0) is 41.8 Å². The van der Waals surface area contributed by atoms with Gasteiger partial charge in [-0.25, -0.2) is 19.2 Å². The van der Waals surface area contributed by atoms with E-state index in [0.717, 1.165) is 0 Å². The number of hydrogen-bond acceptors (Lipinski definition) is 10. The van der Waals surface area contributed by atoms with Gasteiger partial charge in [-0.1, -0.05) is 23.7 Å². The highest BCUT2D eigenvalue weighted by Crippen LogP contribution is 2.61. The maximum Gasteiger partial charge on any atom is 0.406 e. The zero-order valence-corrected chi connectivity index (χ0v) is 23.5. The van der Waals surface area contributed by atoms with Crippen LogP contribution < -0.4 is 5.09 Å². The molecular formula is C21H34ClNO11P2. The lowest BCUT2D eigenvalue weighted by atomic mass is 10.2. The third-order valence-corrected chi connectivity index (χ3v) is 7.95. The smallest absolute Gasteiger partial charge is 0.406 e. The second kappa shape index (κ2) is 14.6. The molecule has 0 aliphatic carbocycles. The summed E-state index contributed by atoms with van der Waals surface area (Å²) < 4.78 is 52.1. The van der Waals surface area contributed by atoms with E-state index in [1.165, 1.54) is 65.8 Å². The maximum absolute atomic E-state index is 13.6. The second-order valence-electron chi connectivity index (χ2n) is 7.92. The van der Waals surface area contributed by atoms with Gasteiger partial charge >= 0.3 is 27.3 Å². The average Bonchev–Trinajstić information content (AvgIpc) is 2.75. The zero-order valence-electron chi connectivity index (χ0n) is 21.0. The van der Waals surface area contributed by atoms with Crippen molar-refractivity contribution in [1.29, 1.82) is 0 Å². The van der Waals surface area contributed by atoms with Crippen LogP contribution in [0.15, 0.2) is 24.3 Å². The van der Waals surface area contributed by atoms with Crippen molar-refractivity contribution in [3.05, 3.63) is 34.9 Å². The number of halogens is 1. The van der Waals surface area contributed by atoms with Crippen molar-refractivity contribution in [3.8, 4) is 0 Å². The first kappa shape index (κ1) is 32.7. The van der Waals surface area contributed by atoms with Crippen molar-refractivity contribution in [2.75, 3.05) is 13.2 Å². The number of rotatable bonds is 15. The van der Waals surface area contributed by atoms with Gasteiger partial charge in [-0.2, -0.15) is 0 Å². The molecule has 12 nitrogen and oxygen atoms in total. The van der Waals surface area contributed by atoms with Crippen LogP contribution in [0.2, 0.25) is 5.02 Å². The van der Waals surface area contributed by atoms with Gasteiger partial charge in [-0.05, 0) is 59.2 Å². The van der Waals surface area contributed by atoms with E-state index in [4.69, 9.17) is 34.6 Å². The van der Waals surface area contributed by atoms with Gasteiger partial charge in [-0.15, -0.1) is 0 Å². The summed E-state index contributed by atoms with van der Waals surface area (Å²) in [6, 6.07) is 5.49. The molecule has 0 bridgehead atoms. The molecule has 1 aromatic rings. The molecule has 0 saturated heterocycles. The standard InChI is InChI=1S/C21H34ClNO11P2/c1-7-30-36(29,31-8-2)23-19(15-9-11-16(22)12-10-15)35(27,28)34-18(21(26)33-14(5)6)17(24)20(25)32-13(3)4/h9-14,17-19,24H,7-8H2,1-6H3,(H,23,29)(H,27,28)/t17-,18-,19-/m1/s1. The number of carbonyl (C=O) groups is 2. The molecule has 0 radical (unpaired) electrons. The molecule has 206 valence electrons. The van der Waals surface area contributed by atoms with Gasteiger partial charge in [0.2, 0.25) is 6.10 Å². The zero-order chi connectivity index (χ0) is 27.7. The Bertz CT molecular complexity index is 948. The van der Waals surface area contributed by atoms with E-state index in [9.17, 15) is 28.7 Å². The number of ether oxygens (including phenoxy) is 2. The van der Waals surface area contributed by atoms with E-state index in [2.05, 4.69) is 5.09 Å². The summed E-state index contributed by atoms with van der Waals surface area (Å²) >= 11 is 5.92. The Morgan fingerprint density at radius 1 is 0.944 bits per heavy atom. The first-order valence-electron chi connectivity index (χ1n) is 11.2. The van der Waals surface area contributed by atoms with Crippen LogP contribution in [-0.4, -0.2) is 59.6 Å². The first-order chi connectivity index (χ1) is 16.7. The highest BCUT2D eigenvalue weighted by Gasteiger charge is 2.47. The SMILES string of the molecule is CCOP(=O)(N[C@@H](c1ccc(Cl)cc1)P(=O)(O)O[C@@H](C(=O)OC(C)C)[C@@H](O)C(=O)OC(C)C)OCC. The number of aliphatic hydroxyl groups excluding tert-OH is 1. The Morgan fingerprint density at radius 3 is 1.86 bits per heavy atom. The number of carbonyl (C=O) groups excluding carboxylic acids is 2. The van der Waals surface area contributed by atoms with Crippen molar-refractivity contribution in [2.24, 2.45) is 0 Å². The summed E-state index contributed by atoms with van der Waals surface area (Å²) in [4.78, 5) is 36.0. The molecule has 0 aliphatic heterocycles. The fourth-order valence-electron chi connectivity index (χ4n) is 2.76. The molecule has 0 fully saturated rings. The molecule has 0 aliphatic rings. The Labute approximate surface area is 215 Å². The van der Waals surface area contributed by atoms with Crippen LogP contribution in [0.3, 0.4) is 0 Å². The van der Waals surface area contributed by atoms with Gasteiger partial charge < -0.3 is 19.5 Å². The molecule has 15 heteroatoms. The van der Waals surface area contributed by atoms with E-state index in [1.54, 1.807) is 0 Å². The molecular weight excluding hydrogens is 540 g/mol. The van der Waals surface area contributed by atoms with Crippen LogP contribution in [0.25, 0.3) is 0 Å². The van der Waals surface area contributed by atoms with E-state index >= 15 is 0 Å². The Morgan fingerprint density at radius 2 is 1.42 bits per heavy atom. The van der Waals surface area contributed by atoms with Gasteiger partial charge in [0.15, 0.2) is 6.10 Å². The number of esters is 2. The first-order valence-corrected chi connectivity index (χ1v) is 14.7. The van der Waals surface area contributed by atoms with Crippen LogP contribution in [0.5, 0.6) is 0 Å². The summed E-state index contributed by atoms with van der Waals surface area (Å²) in [5.74, 6) is -4.37. The predicted molar refractivity (Wildman–Crippen MR) is 131 cm³/mol. The van der Waals surface area contributed by atoms with Gasteiger partial charge in [-0.3, -0.25) is 18.1 Å². The number of hydrogen-bond donors (Lipinski definition) is 3. The van der Waals surface area contributed by atoms with Crippen molar-refractivity contribution in [3.63, 3.8) is 0 Å². The van der Waals surface area contributed by atoms with Crippen LogP contribution in [0.4, 0.5) is 0 Å². The predicted octanol–water partition coefficient (Wildman–Crippen LogP) is 3.94. The summed E-state index contributed by atoms with van der Waals surface area (Å²) in [6.45, 7) is 8.92. The largest absolute Gasteiger partial charge is 0.461 e. The van der Waals surface area contributed by atoms with Crippen molar-refractivity contribution >= 4 is 38.9 Å². The quantitative estimate of drug-likeness (QED) is 0.204. The highest BCUT2D eigenvalue weighted by atomic mass is 35.5. The molecule has 1 aromatic carbocycles. The molecule has 0 aromatic heterocycles. The number of benzene rings is 1. The van der Waals surface area contributed by atoms with E-state index in [-0.39, 0.29) is 18.8 Å². The lowest BCUT2D eigenvalue weighted by molar-refractivity contribution is -0.175. The third kappa shape index (κ3) is 10.2. The van der Waals surface area contributed by atoms with Crippen LogP contribution in [0.1, 0.15) is 52.9 Å². The normalized spacial score (nSPS) is 16.3. The summed E-state index contributed by atoms with van der Waals surface area (Å²) in [5, 5.41) is 13.2. The molecule has 0 saturated carbocycles. The van der Waals surface area contributed by atoms with Gasteiger partial charge in [0.25, 0.3) is 0 Å². The second-order valence-corrected chi connectivity index (χ2v) is 12.0. The van der Waals surface area contributed by atoms with Crippen molar-refractivity contribution < 1.29 is 51.8 Å². The lowest BCUT2D eigenvalue weighted by Gasteiger charge is -2.30. The summed E-state index contributed by atoms with van der Waals surface area (Å²) in [6.07, 6.45) is -5.95. The molecule has 3 N–H and O–H groups in total. The Balaban J connectivity index is 3.50. The monoisotopic (exact) mass is 573 g/mol. The minimum Gasteiger partial charge on any atom is -0.461 e. The average molecular weight is 574 g/mol. The molecule has 1 rings (SSSR count). The Kier molecular flexibility index (Phi) is 13.2. The number of aliphatic hydroxyl groups is 1. The summed E-state index contributed by atoms with van der Waals surface area (Å²) in [7, 11) is -9.29. The van der Waals surface area contributed by atoms with Crippen LogP contribution >= 0.6 is 26.9 Å². The third-order valence-electron chi connectivity index (χ3n) is 4.12. The molecule has 0 spiro atoms. The minimum absolute atomic E-state index is 0.0556. The van der Waals surface area contributed by atoms with E-state index < -0.39 is 57.5 Å². The topological polar surface area (TPSA) is 167 Å². The van der Waals surface area contributed by atoms with Gasteiger partial charge in [0.1, 0.15) is 5.78 Å². The van der Waals surface area contributed by atoms with Gasteiger partial charge in [0, 0.05) is 5.02 Å². The van der Waals surface area contributed by atoms with Crippen molar-refractivity contribution in [1.82, 2.24) is 5.09 Å². The van der Waals surface area contributed by atoms with E-state index in [1.807, 2.05) is 0 Å². The molecule has 1 unspecified atom stereocenters. The number of nitrogens with one attached hydrogen (secondary N) is 1. The van der Waals surface area contributed by atoms with Gasteiger partial charge in [0.05, 0.1) is 25.4 Å². The molecule has 36 heavy (non-hydrogen) atoms.